The molecule has 2 aromatic carbocycles. The van der Waals surface area contributed by atoms with Crippen LogP contribution in [0.5, 0.6) is 11.5 Å². The number of carbonyl (C=O) groups is 2. The molecule has 6 heteroatoms. The fourth-order valence-electron chi connectivity index (χ4n) is 11.6. The van der Waals surface area contributed by atoms with Gasteiger partial charge in [-0.1, -0.05) is 308 Å². The summed E-state index contributed by atoms with van der Waals surface area (Å²) < 4.78 is 7.02. The molecule has 2 unspecified atom stereocenters. The van der Waals surface area contributed by atoms with Crippen LogP contribution in [0.3, 0.4) is 0 Å². The first-order chi connectivity index (χ1) is 35.8. The lowest BCUT2D eigenvalue weighted by molar-refractivity contribution is -0.178. The highest BCUT2D eigenvalue weighted by Gasteiger charge is 2.49. The summed E-state index contributed by atoms with van der Waals surface area (Å²) in [6, 6.07) is 8.03. The van der Waals surface area contributed by atoms with Crippen molar-refractivity contribution in [2.45, 2.75) is 355 Å². The topological polar surface area (TPSA) is 104 Å². The van der Waals surface area contributed by atoms with Crippen molar-refractivity contribution in [1.29, 1.82) is 0 Å². The van der Waals surface area contributed by atoms with E-state index in [1.807, 2.05) is 24.3 Å². The van der Waals surface area contributed by atoms with Crippen molar-refractivity contribution >= 4 is 11.9 Å². The molecule has 0 amide bonds. The number of hydrogen-bond acceptors (Lipinski definition) is 5. The van der Waals surface area contributed by atoms with Gasteiger partial charge in [-0.3, -0.25) is 9.59 Å². The van der Waals surface area contributed by atoms with Gasteiger partial charge in [-0.2, -0.15) is 0 Å². The van der Waals surface area contributed by atoms with Crippen LogP contribution in [0.15, 0.2) is 24.3 Å². The third-order valence-corrected chi connectivity index (χ3v) is 16.5. The van der Waals surface area contributed by atoms with E-state index >= 15 is 0 Å². The van der Waals surface area contributed by atoms with Gasteiger partial charge in [-0.25, -0.2) is 0 Å². The number of esters is 1. The highest BCUT2D eigenvalue weighted by Crippen LogP contribution is 2.48. The van der Waals surface area contributed by atoms with Gasteiger partial charge in [-0.15, -0.1) is 0 Å². The quantitative estimate of drug-likeness (QED) is 0.0453. The molecule has 2 rings (SSSR count). The van der Waals surface area contributed by atoms with E-state index in [1.165, 1.54) is 154 Å². The lowest BCUT2D eigenvalue weighted by Gasteiger charge is -2.41. The number of aryl methyl sites for hydroxylation is 1. The Hall–Kier alpha value is -3.02. The van der Waals surface area contributed by atoms with Crippen molar-refractivity contribution in [3.05, 3.63) is 57.6 Å². The second-order valence-electron chi connectivity index (χ2n) is 27.9. The summed E-state index contributed by atoms with van der Waals surface area (Å²) in [5.41, 5.74) is 1.78. The molecule has 2 atom stereocenters. The first-order valence-electron chi connectivity index (χ1n) is 32.0. The molecule has 3 N–H and O–H groups in total. The molecule has 76 heavy (non-hydrogen) atoms. The average Bonchev–Trinajstić information content (AvgIpc) is 3.32. The fourth-order valence-corrected chi connectivity index (χ4v) is 11.6. The molecule has 0 bridgehead atoms. The number of phenolic OH excluding ortho intramolecular Hbond substituents is 2. The van der Waals surface area contributed by atoms with E-state index in [0.717, 1.165) is 79.2 Å². The van der Waals surface area contributed by atoms with Crippen LogP contribution in [0.1, 0.15) is 355 Å². The van der Waals surface area contributed by atoms with Crippen molar-refractivity contribution in [2.24, 2.45) is 5.92 Å². The molecule has 0 aliphatic heterocycles. The van der Waals surface area contributed by atoms with Crippen LogP contribution in [-0.4, -0.2) is 27.3 Å². The molecule has 6 nitrogen and oxygen atoms in total. The normalized spacial score (nSPS) is 13.8. The predicted molar refractivity (Wildman–Crippen MR) is 327 cm³/mol. The molecule has 438 valence electrons. The molecule has 0 aliphatic carbocycles. The summed E-state index contributed by atoms with van der Waals surface area (Å²) >= 11 is 0. The van der Waals surface area contributed by atoms with Gasteiger partial charge in [0, 0.05) is 6.42 Å². The Bertz CT molecular complexity index is 1830. The second kappa shape index (κ2) is 35.6. The van der Waals surface area contributed by atoms with Crippen LogP contribution in [0.2, 0.25) is 0 Å². The number of unbranched alkanes of at least 4 members (excludes halogenated alkanes) is 30. The predicted octanol–water partition coefficient (Wildman–Crippen LogP) is 21.7. The minimum Gasteiger partial charge on any atom is -0.507 e. The molecular formula is C70H122O6. The minimum absolute atomic E-state index is 0.0698. The lowest BCUT2D eigenvalue weighted by Crippen LogP contribution is -2.44. The van der Waals surface area contributed by atoms with E-state index in [4.69, 9.17) is 4.74 Å². The van der Waals surface area contributed by atoms with E-state index in [2.05, 4.69) is 96.9 Å². The maximum absolute atomic E-state index is 14.9. The maximum Gasteiger partial charge on any atom is 0.310 e. The van der Waals surface area contributed by atoms with Gasteiger partial charge in [0.2, 0.25) is 0 Å². The number of ether oxygens (including phenoxy) is 1. The summed E-state index contributed by atoms with van der Waals surface area (Å²) in [7, 11) is 0. The molecule has 0 saturated carbocycles. The molecular weight excluding hydrogens is 937 g/mol. The van der Waals surface area contributed by atoms with Gasteiger partial charge < -0.3 is 20.1 Å². The highest BCUT2D eigenvalue weighted by molar-refractivity contribution is 5.75. The van der Waals surface area contributed by atoms with Crippen LogP contribution < -0.4 is 0 Å². The van der Waals surface area contributed by atoms with Gasteiger partial charge in [0.1, 0.15) is 17.4 Å². The molecule has 0 fully saturated rings. The molecule has 0 aromatic heterocycles. The Morgan fingerprint density at radius 2 is 0.697 bits per heavy atom. The fraction of sp³-hybridized carbons (Fsp3) is 0.800. The van der Waals surface area contributed by atoms with Gasteiger partial charge in [-0.05, 0) is 92.9 Å². The van der Waals surface area contributed by atoms with Crippen molar-refractivity contribution < 1.29 is 29.6 Å². The number of carbonyl (C=O) groups excluding carboxylic acids is 1. The van der Waals surface area contributed by atoms with Crippen molar-refractivity contribution in [3.8, 4) is 11.5 Å². The lowest BCUT2D eigenvalue weighted by atomic mass is 9.70. The molecule has 0 radical (unpaired) electrons. The summed E-state index contributed by atoms with van der Waals surface area (Å²) in [5, 5.41) is 35.1. The third kappa shape index (κ3) is 25.8. The maximum atomic E-state index is 14.9. The summed E-state index contributed by atoms with van der Waals surface area (Å²) in [6.45, 7) is 29.7. The monoisotopic (exact) mass is 1060 g/mol. The zero-order valence-corrected chi connectivity index (χ0v) is 52.4. The van der Waals surface area contributed by atoms with Crippen molar-refractivity contribution in [1.82, 2.24) is 0 Å². The van der Waals surface area contributed by atoms with Gasteiger partial charge in [0.25, 0.3) is 0 Å². The molecule has 0 spiro atoms. The van der Waals surface area contributed by atoms with Crippen LogP contribution in [-0.2, 0) is 48.0 Å². The SMILES string of the molecule is CCCCCCCCCCCCCCCCCCC(C(=O)O)C(CCCCCCCCCCCCCCCCCC)(OC(=O)CCc1cc(C(C)(C)C)c(O)c(C(C)(C)C)c1)c1cc(C(C)(C)C)c(O)c(C(C)(C)C)c1. The number of aromatic hydroxyl groups is 2. The zero-order valence-electron chi connectivity index (χ0n) is 52.4. The Morgan fingerprint density at radius 1 is 0.421 bits per heavy atom. The van der Waals surface area contributed by atoms with Crippen molar-refractivity contribution in [2.75, 3.05) is 0 Å². The third-order valence-electron chi connectivity index (χ3n) is 16.5. The van der Waals surface area contributed by atoms with Crippen LogP contribution in [0.4, 0.5) is 0 Å². The summed E-state index contributed by atoms with van der Waals surface area (Å²) in [6.07, 6.45) is 41.0. The van der Waals surface area contributed by atoms with E-state index in [-0.39, 0.29) is 23.0 Å². The Morgan fingerprint density at radius 3 is 0.987 bits per heavy atom. The summed E-state index contributed by atoms with van der Waals surface area (Å²) in [5.74, 6) is -1.79. The standard InChI is InChI=1S/C70H122O6/c1-15-17-19-21-23-25-27-29-31-33-35-37-39-41-43-45-47-57(65(74)75)70(56-53-60(68(9,10)11)64(73)61(54-56)69(12,13)14,50-46-44-42-40-38-36-34-32-30-28-26-24-22-20-18-16-2)76-62(71)49-48-55-51-58(66(3,4)5)63(72)59(52-55)67(6,7)8/h51-54,57,72-73H,15-50H2,1-14H3,(H,74,75). The first kappa shape index (κ1) is 69.1. The first-order valence-corrected chi connectivity index (χ1v) is 32.0. The molecule has 0 aliphatic rings. The largest absolute Gasteiger partial charge is 0.507 e. The minimum atomic E-state index is -1.45. The number of rotatable bonds is 41. The van der Waals surface area contributed by atoms with Gasteiger partial charge in [0.15, 0.2) is 5.60 Å². The number of benzene rings is 2. The van der Waals surface area contributed by atoms with Crippen molar-refractivity contribution in [3.63, 3.8) is 0 Å². The highest BCUT2D eigenvalue weighted by atomic mass is 16.6. The molecule has 0 heterocycles. The number of carboxylic acid groups (broad SMARTS) is 1. The van der Waals surface area contributed by atoms with Gasteiger partial charge in [0.05, 0.1) is 0 Å². The molecule has 2 aromatic rings. The number of carboxylic acids is 1. The second-order valence-corrected chi connectivity index (χ2v) is 27.9. The Balaban J connectivity index is 2.45. The van der Waals surface area contributed by atoms with E-state index < -0.39 is 34.3 Å². The number of hydrogen-bond donors (Lipinski definition) is 3. The van der Waals surface area contributed by atoms with Crippen LogP contribution >= 0.6 is 0 Å². The zero-order chi connectivity index (χ0) is 56.8. The van der Waals surface area contributed by atoms with Crippen LogP contribution in [0.25, 0.3) is 0 Å². The Kier molecular flexibility index (Phi) is 32.3. The average molecular weight is 1060 g/mol. The van der Waals surface area contributed by atoms with Gasteiger partial charge >= 0.3 is 11.9 Å². The Labute approximate surface area is 469 Å². The smallest absolute Gasteiger partial charge is 0.310 e. The molecule has 0 saturated heterocycles. The summed E-state index contributed by atoms with van der Waals surface area (Å²) in [4.78, 5) is 29.0. The number of aliphatic carboxylic acids is 1. The number of phenols is 2. The van der Waals surface area contributed by atoms with E-state index in [1.54, 1.807) is 0 Å². The van der Waals surface area contributed by atoms with Crippen LogP contribution in [0, 0.1) is 5.92 Å². The van der Waals surface area contributed by atoms with E-state index in [9.17, 15) is 24.9 Å². The van der Waals surface area contributed by atoms with E-state index in [0.29, 0.717) is 30.6 Å².